The SMILES string of the molecule is CCCc1cccc(C(C)(O)c2ccc(CC)cc2)c1. The molecule has 106 valence electrons. The molecule has 0 aliphatic heterocycles. The Balaban J connectivity index is 2.34. The van der Waals surface area contributed by atoms with E-state index >= 15 is 0 Å². The fourth-order valence-corrected chi connectivity index (χ4v) is 2.55. The first-order valence-electron chi connectivity index (χ1n) is 7.49. The predicted molar refractivity (Wildman–Crippen MR) is 84.9 cm³/mol. The lowest BCUT2D eigenvalue weighted by Crippen LogP contribution is -2.22. The monoisotopic (exact) mass is 268 g/mol. The molecule has 1 atom stereocenters. The van der Waals surface area contributed by atoms with Crippen LogP contribution in [-0.2, 0) is 18.4 Å². The summed E-state index contributed by atoms with van der Waals surface area (Å²) in [5, 5.41) is 10.9. The number of rotatable bonds is 5. The van der Waals surface area contributed by atoms with Crippen molar-refractivity contribution in [3.05, 3.63) is 70.8 Å². The summed E-state index contributed by atoms with van der Waals surface area (Å²) >= 11 is 0. The molecule has 1 heteroatoms. The van der Waals surface area contributed by atoms with E-state index in [9.17, 15) is 5.11 Å². The van der Waals surface area contributed by atoms with Crippen LogP contribution in [0.3, 0.4) is 0 Å². The van der Waals surface area contributed by atoms with Crippen LogP contribution < -0.4 is 0 Å². The molecule has 0 spiro atoms. The Hall–Kier alpha value is -1.60. The molecule has 0 fully saturated rings. The third-order valence-corrected chi connectivity index (χ3v) is 3.95. The first kappa shape index (κ1) is 14.8. The number of hydrogen-bond donors (Lipinski definition) is 1. The van der Waals surface area contributed by atoms with Gasteiger partial charge in [-0.3, -0.25) is 0 Å². The van der Waals surface area contributed by atoms with Crippen LogP contribution in [0.15, 0.2) is 48.5 Å². The molecule has 2 aromatic carbocycles. The summed E-state index contributed by atoms with van der Waals surface area (Å²) in [7, 11) is 0. The first-order valence-corrected chi connectivity index (χ1v) is 7.49. The van der Waals surface area contributed by atoms with Gasteiger partial charge in [0.05, 0.1) is 0 Å². The van der Waals surface area contributed by atoms with Crippen molar-refractivity contribution in [1.82, 2.24) is 0 Å². The summed E-state index contributed by atoms with van der Waals surface area (Å²) < 4.78 is 0. The van der Waals surface area contributed by atoms with Crippen molar-refractivity contribution in [2.75, 3.05) is 0 Å². The Morgan fingerprint density at radius 1 is 0.900 bits per heavy atom. The van der Waals surface area contributed by atoms with E-state index in [1.54, 1.807) is 0 Å². The van der Waals surface area contributed by atoms with Gasteiger partial charge in [-0.2, -0.15) is 0 Å². The van der Waals surface area contributed by atoms with Gasteiger partial charge in [-0.25, -0.2) is 0 Å². The second-order valence-electron chi connectivity index (χ2n) is 5.57. The highest BCUT2D eigenvalue weighted by Crippen LogP contribution is 2.30. The Labute approximate surface area is 122 Å². The first-order chi connectivity index (χ1) is 9.57. The number of benzene rings is 2. The van der Waals surface area contributed by atoms with Gasteiger partial charge >= 0.3 is 0 Å². The largest absolute Gasteiger partial charge is 0.381 e. The Morgan fingerprint density at radius 3 is 2.20 bits per heavy atom. The summed E-state index contributed by atoms with van der Waals surface area (Å²) in [6, 6.07) is 16.6. The van der Waals surface area contributed by atoms with Gasteiger partial charge in [0.2, 0.25) is 0 Å². The smallest absolute Gasteiger partial charge is 0.112 e. The van der Waals surface area contributed by atoms with E-state index in [1.807, 2.05) is 31.2 Å². The lowest BCUT2D eigenvalue weighted by molar-refractivity contribution is 0.102. The van der Waals surface area contributed by atoms with Crippen molar-refractivity contribution in [3.63, 3.8) is 0 Å². The van der Waals surface area contributed by atoms with Crippen LogP contribution >= 0.6 is 0 Å². The second-order valence-corrected chi connectivity index (χ2v) is 5.57. The van der Waals surface area contributed by atoms with E-state index in [1.165, 1.54) is 11.1 Å². The van der Waals surface area contributed by atoms with E-state index in [2.05, 4.69) is 38.1 Å². The summed E-state index contributed by atoms with van der Waals surface area (Å²) in [4.78, 5) is 0. The van der Waals surface area contributed by atoms with E-state index in [0.29, 0.717) is 0 Å². The Kier molecular flexibility index (Phi) is 4.61. The molecule has 0 saturated carbocycles. The molecule has 0 amide bonds. The van der Waals surface area contributed by atoms with Gasteiger partial charge in [0.15, 0.2) is 0 Å². The maximum Gasteiger partial charge on any atom is 0.112 e. The van der Waals surface area contributed by atoms with E-state index < -0.39 is 5.60 Å². The van der Waals surface area contributed by atoms with Gasteiger partial charge in [0.25, 0.3) is 0 Å². The zero-order valence-electron chi connectivity index (χ0n) is 12.7. The third-order valence-electron chi connectivity index (χ3n) is 3.95. The molecule has 2 rings (SSSR count). The molecule has 0 heterocycles. The molecule has 0 aliphatic carbocycles. The van der Waals surface area contributed by atoms with Crippen LogP contribution in [-0.4, -0.2) is 5.11 Å². The van der Waals surface area contributed by atoms with Crippen molar-refractivity contribution in [1.29, 1.82) is 0 Å². The molecule has 0 radical (unpaired) electrons. The Morgan fingerprint density at radius 2 is 1.60 bits per heavy atom. The van der Waals surface area contributed by atoms with Crippen LogP contribution in [0, 0.1) is 0 Å². The van der Waals surface area contributed by atoms with Crippen LogP contribution in [0.5, 0.6) is 0 Å². The van der Waals surface area contributed by atoms with Crippen molar-refractivity contribution < 1.29 is 5.11 Å². The average Bonchev–Trinajstić information content (AvgIpc) is 2.48. The highest BCUT2D eigenvalue weighted by atomic mass is 16.3. The van der Waals surface area contributed by atoms with E-state index in [4.69, 9.17) is 0 Å². The lowest BCUT2D eigenvalue weighted by atomic mass is 9.86. The molecular weight excluding hydrogens is 244 g/mol. The van der Waals surface area contributed by atoms with Crippen molar-refractivity contribution >= 4 is 0 Å². The quantitative estimate of drug-likeness (QED) is 0.849. The zero-order chi connectivity index (χ0) is 14.6. The lowest BCUT2D eigenvalue weighted by Gasteiger charge is -2.25. The van der Waals surface area contributed by atoms with Crippen LogP contribution in [0.4, 0.5) is 0 Å². The van der Waals surface area contributed by atoms with Crippen LogP contribution in [0.1, 0.15) is 49.4 Å². The van der Waals surface area contributed by atoms with Gasteiger partial charge in [-0.15, -0.1) is 0 Å². The van der Waals surface area contributed by atoms with Crippen molar-refractivity contribution in [2.45, 2.75) is 45.6 Å². The van der Waals surface area contributed by atoms with E-state index in [-0.39, 0.29) is 0 Å². The van der Waals surface area contributed by atoms with Gasteiger partial charge in [0, 0.05) is 0 Å². The number of hydrogen-bond acceptors (Lipinski definition) is 1. The molecule has 2 aromatic rings. The summed E-state index contributed by atoms with van der Waals surface area (Å²) in [6.07, 6.45) is 3.20. The standard InChI is InChI=1S/C19H24O/c1-4-7-16-8-6-9-18(14-16)19(3,20)17-12-10-15(5-2)11-13-17/h6,8-14,20H,4-5,7H2,1-3H3. The highest BCUT2D eigenvalue weighted by molar-refractivity contribution is 5.38. The zero-order valence-corrected chi connectivity index (χ0v) is 12.7. The van der Waals surface area contributed by atoms with Crippen molar-refractivity contribution in [2.24, 2.45) is 0 Å². The fraction of sp³-hybridized carbons (Fsp3) is 0.368. The Bertz CT molecular complexity index is 552. The van der Waals surface area contributed by atoms with Gasteiger partial charge in [0.1, 0.15) is 5.60 Å². The van der Waals surface area contributed by atoms with Crippen LogP contribution in [0.25, 0.3) is 0 Å². The molecule has 1 nitrogen and oxygen atoms in total. The molecule has 20 heavy (non-hydrogen) atoms. The minimum absolute atomic E-state index is 0.935. The number of aryl methyl sites for hydroxylation is 2. The maximum atomic E-state index is 10.9. The molecular formula is C19H24O. The molecule has 0 aliphatic rings. The van der Waals surface area contributed by atoms with Crippen LogP contribution in [0.2, 0.25) is 0 Å². The minimum Gasteiger partial charge on any atom is -0.381 e. The third kappa shape index (κ3) is 3.10. The van der Waals surface area contributed by atoms with Crippen molar-refractivity contribution in [3.8, 4) is 0 Å². The fourth-order valence-electron chi connectivity index (χ4n) is 2.55. The van der Waals surface area contributed by atoms with E-state index in [0.717, 1.165) is 30.4 Å². The molecule has 0 bridgehead atoms. The normalized spacial score (nSPS) is 14.0. The van der Waals surface area contributed by atoms with Gasteiger partial charge in [-0.1, -0.05) is 68.8 Å². The highest BCUT2D eigenvalue weighted by Gasteiger charge is 2.25. The number of aliphatic hydroxyl groups is 1. The maximum absolute atomic E-state index is 10.9. The average molecular weight is 268 g/mol. The van der Waals surface area contributed by atoms with Gasteiger partial charge < -0.3 is 5.11 Å². The summed E-state index contributed by atoms with van der Waals surface area (Å²) in [6.45, 7) is 6.19. The summed E-state index contributed by atoms with van der Waals surface area (Å²) in [5.74, 6) is 0. The second kappa shape index (κ2) is 6.23. The van der Waals surface area contributed by atoms with Gasteiger partial charge in [-0.05, 0) is 42.0 Å². The molecule has 0 saturated heterocycles. The minimum atomic E-state index is -0.935. The summed E-state index contributed by atoms with van der Waals surface area (Å²) in [5.41, 5.74) is 3.56. The molecule has 1 unspecified atom stereocenters. The molecule has 0 aromatic heterocycles. The predicted octanol–water partition coefficient (Wildman–Crippen LogP) is 4.46. The molecule has 1 N–H and O–H groups in total. The topological polar surface area (TPSA) is 20.2 Å².